The minimum absolute atomic E-state index is 0. The highest BCUT2D eigenvalue weighted by molar-refractivity contribution is 5.34. The lowest BCUT2D eigenvalue weighted by Crippen LogP contribution is -2.66. The second-order valence-electron chi connectivity index (χ2n) is 4.28. The average molecular weight is 225 g/mol. The molecule has 1 unspecified atom stereocenters. The van der Waals surface area contributed by atoms with Crippen molar-refractivity contribution < 1.29 is 15.9 Å². The van der Waals surface area contributed by atoms with E-state index in [9.17, 15) is 4.79 Å². The molecule has 0 aromatic carbocycles. The maximum Gasteiger partial charge on any atom is 0.253 e. The van der Waals surface area contributed by atoms with Gasteiger partial charge in [0.25, 0.3) is 5.56 Å². The van der Waals surface area contributed by atoms with Crippen LogP contribution in [0.3, 0.4) is 0 Å². The molecule has 16 heavy (non-hydrogen) atoms. The Morgan fingerprint density at radius 1 is 1.56 bits per heavy atom. The molecule has 1 aromatic heterocycles. The van der Waals surface area contributed by atoms with Gasteiger partial charge in [-0.2, -0.15) is 4.89 Å². The Bertz CT molecular complexity index is 498. The Kier molecular flexibility index (Phi) is 1.84. The van der Waals surface area contributed by atoms with Crippen LogP contribution in [-0.2, 0) is 26.7 Å². The topological polar surface area (TPSA) is 60.6 Å². The zero-order valence-corrected chi connectivity index (χ0v) is 9.20. The van der Waals surface area contributed by atoms with Crippen LogP contribution in [0.5, 0.6) is 0 Å². The average Bonchev–Trinajstić information content (AvgIpc) is 2.26. The number of fused-ring (bicyclic) bond motifs is 3. The predicted molar refractivity (Wildman–Crippen MR) is 56.5 cm³/mol. The fraction of sp³-hybridized carbons (Fsp3) is 0.545. The van der Waals surface area contributed by atoms with E-state index in [-0.39, 0.29) is 13.6 Å². The monoisotopic (exact) mass is 225 g/mol. The second-order valence-corrected chi connectivity index (χ2v) is 4.28. The lowest BCUT2D eigenvalue weighted by Gasteiger charge is -2.56. The van der Waals surface area contributed by atoms with Crippen LogP contribution in [0.4, 0.5) is 0 Å². The van der Waals surface area contributed by atoms with Crippen LogP contribution in [0.1, 0.15) is 32.8 Å². The summed E-state index contributed by atoms with van der Waals surface area (Å²) in [5, 5.41) is 0. The van der Waals surface area contributed by atoms with Crippen molar-refractivity contribution in [2.24, 2.45) is 0 Å². The minimum Gasteiger partial charge on any atom is -0.340 e. The van der Waals surface area contributed by atoms with E-state index < -0.39 is 11.4 Å². The van der Waals surface area contributed by atoms with Crippen LogP contribution in [-0.4, -0.2) is 10.8 Å². The Balaban J connectivity index is 0.00000108. The van der Waals surface area contributed by atoms with Crippen molar-refractivity contribution in [1.29, 1.82) is 0 Å². The minimum atomic E-state index is -0.775. The second kappa shape index (κ2) is 2.94. The molecule has 2 aliphatic heterocycles. The highest BCUT2D eigenvalue weighted by Crippen LogP contribution is 2.54. The molecule has 5 nitrogen and oxygen atoms in total. The number of pyridine rings is 1. The summed E-state index contributed by atoms with van der Waals surface area (Å²) >= 11 is 0. The van der Waals surface area contributed by atoms with Crippen LogP contribution >= 0.6 is 0 Å². The van der Waals surface area contributed by atoms with Crippen LogP contribution in [0.15, 0.2) is 17.1 Å². The third kappa shape index (κ3) is 0.935. The van der Waals surface area contributed by atoms with Crippen molar-refractivity contribution in [1.82, 2.24) is 4.98 Å². The highest BCUT2D eigenvalue weighted by Gasteiger charge is 2.65. The summed E-state index contributed by atoms with van der Waals surface area (Å²) in [5.41, 5.74) is 0.737. The van der Waals surface area contributed by atoms with Crippen molar-refractivity contribution in [2.45, 2.75) is 38.3 Å². The third-order valence-corrected chi connectivity index (χ3v) is 3.57. The molecular formula is C11H15NO4. The fourth-order valence-electron chi connectivity index (χ4n) is 2.50. The zero-order valence-electron chi connectivity index (χ0n) is 9.20. The molecule has 2 aliphatic rings. The van der Waals surface area contributed by atoms with Crippen LogP contribution in [0, 0.1) is 0 Å². The molecule has 2 atom stereocenters. The molecule has 0 radical (unpaired) electrons. The van der Waals surface area contributed by atoms with Gasteiger partial charge in [0.2, 0.25) is 5.79 Å². The van der Waals surface area contributed by atoms with Crippen molar-refractivity contribution in [3.05, 3.63) is 33.7 Å². The van der Waals surface area contributed by atoms with E-state index >= 15 is 0 Å². The molecule has 0 aliphatic carbocycles. The first kappa shape index (κ1) is 10.0. The van der Waals surface area contributed by atoms with E-state index in [1.807, 2.05) is 19.9 Å². The molecular weight excluding hydrogens is 210 g/mol. The lowest BCUT2D eigenvalue weighted by molar-refractivity contribution is -0.621. The number of nitrogens with one attached hydrogen (secondary N) is 1. The first-order valence-electron chi connectivity index (χ1n) is 5.35. The van der Waals surface area contributed by atoms with Gasteiger partial charge < -0.3 is 9.72 Å². The molecule has 0 spiro atoms. The van der Waals surface area contributed by atoms with Crippen molar-refractivity contribution in [3.63, 3.8) is 0 Å². The van der Waals surface area contributed by atoms with Crippen molar-refractivity contribution in [3.8, 4) is 0 Å². The summed E-state index contributed by atoms with van der Waals surface area (Å²) in [7, 11) is 0. The summed E-state index contributed by atoms with van der Waals surface area (Å²) in [4.78, 5) is 24.7. The SMILES string of the molecule is CC[C@]12OOC1(C)OCc1c2cc[nH]c1=O.[HH]. The molecule has 1 aromatic rings. The molecule has 5 heteroatoms. The van der Waals surface area contributed by atoms with Crippen LogP contribution in [0.25, 0.3) is 0 Å². The molecule has 1 fully saturated rings. The number of hydrogen-bond acceptors (Lipinski definition) is 4. The smallest absolute Gasteiger partial charge is 0.253 e. The van der Waals surface area contributed by atoms with Gasteiger partial charge in [0.05, 0.1) is 6.61 Å². The molecule has 3 heterocycles. The zero-order chi connectivity index (χ0) is 11.4. The molecule has 0 bridgehead atoms. The van der Waals surface area contributed by atoms with E-state index in [0.29, 0.717) is 12.0 Å². The quantitative estimate of drug-likeness (QED) is 0.734. The van der Waals surface area contributed by atoms with Gasteiger partial charge in [0, 0.05) is 18.8 Å². The highest BCUT2D eigenvalue weighted by atomic mass is 17.3. The van der Waals surface area contributed by atoms with E-state index in [1.165, 1.54) is 0 Å². The summed E-state index contributed by atoms with van der Waals surface area (Å²) in [6.45, 7) is 4.08. The van der Waals surface area contributed by atoms with Crippen molar-refractivity contribution >= 4 is 0 Å². The van der Waals surface area contributed by atoms with Crippen LogP contribution in [0.2, 0.25) is 0 Å². The van der Waals surface area contributed by atoms with Gasteiger partial charge in [0.15, 0.2) is 5.60 Å². The maximum atomic E-state index is 11.7. The van der Waals surface area contributed by atoms with Gasteiger partial charge in [-0.3, -0.25) is 4.79 Å². The summed E-state index contributed by atoms with van der Waals surface area (Å²) < 4.78 is 5.60. The lowest BCUT2D eigenvalue weighted by atomic mass is 9.78. The summed E-state index contributed by atoms with van der Waals surface area (Å²) in [5.74, 6) is -0.775. The number of rotatable bonds is 1. The number of aromatic amines is 1. The Hall–Kier alpha value is -1.17. The van der Waals surface area contributed by atoms with Gasteiger partial charge in [-0.1, -0.05) is 6.92 Å². The Morgan fingerprint density at radius 3 is 3.00 bits per heavy atom. The standard InChI is InChI=1S/C11H13NO4.H2/c1-3-11-8-4-5-12-9(13)7(8)6-14-10(11,2)15-16-11;/h4-5H,3,6H2,1-2H3,(H,12,13);1H/t10?,11-;/m1./s1. The number of H-pyrrole nitrogens is 1. The first-order valence-corrected chi connectivity index (χ1v) is 5.35. The van der Waals surface area contributed by atoms with Crippen LogP contribution < -0.4 is 5.56 Å². The fourth-order valence-corrected chi connectivity index (χ4v) is 2.50. The Morgan fingerprint density at radius 2 is 2.38 bits per heavy atom. The van der Waals surface area contributed by atoms with Gasteiger partial charge in [-0.25, -0.2) is 4.89 Å². The molecule has 1 N–H and O–H groups in total. The van der Waals surface area contributed by atoms with E-state index in [4.69, 9.17) is 14.5 Å². The molecule has 88 valence electrons. The molecule has 0 amide bonds. The summed E-state index contributed by atoms with van der Waals surface area (Å²) in [6.07, 6.45) is 2.33. The Labute approximate surface area is 93.7 Å². The van der Waals surface area contributed by atoms with Crippen molar-refractivity contribution in [2.75, 3.05) is 0 Å². The summed E-state index contributed by atoms with van der Waals surface area (Å²) in [6, 6.07) is 1.86. The maximum absolute atomic E-state index is 11.7. The normalized spacial score (nSPS) is 36.1. The van der Waals surface area contributed by atoms with E-state index in [0.717, 1.165) is 5.56 Å². The first-order chi connectivity index (χ1) is 7.63. The molecule has 3 rings (SSSR count). The van der Waals surface area contributed by atoms with E-state index in [1.54, 1.807) is 6.20 Å². The largest absolute Gasteiger partial charge is 0.340 e. The molecule has 0 saturated carbocycles. The van der Waals surface area contributed by atoms with Gasteiger partial charge >= 0.3 is 0 Å². The molecule has 1 saturated heterocycles. The van der Waals surface area contributed by atoms with E-state index in [2.05, 4.69) is 4.98 Å². The van der Waals surface area contributed by atoms with Gasteiger partial charge in [-0.15, -0.1) is 0 Å². The number of hydrogen-bond donors (Lipinski definition) is 1. The van der Waals surface area contributed by atoms with Gasteiger partial charge in [-0.05, 0) is 19.4 Å². The number of ether oxygens (including phenoxy) is 1. The third-order valence-electron chi connectivity index (χ3n) is 3.57. The number of aromatic nitrogens is 1. The van der Waals surface area contributed by atoms with Gasteiger partial charge in [0.1, 0.15) is 0 Å². The predicted octanol–water partition coefficient (Wildman–Crippen LogP) is 1.43.